The van der Waals surface area contributed by atoms with Crippen LogP contribution in [0.4, 0.5) is 11.4 Å². The molecule has 3 aliphatic rings. The van der Waals surface area contributed by atoms with Gasteiger partial charge in [0.15, 0.2) is 0 Å². The highest BCUT2D eigenvalue weighted by Crippen LogP contribution is 2.47. The van der Waals surface area contributed by atoms with Gasteiger partial charge in [0.25, 0.3) is 11.7 Å². The number of hydrogen-bond acceptors (Lipinski definition) is 4. The van der Waals surface area contributed by atoms with Crippen molar-refractivity contribution in [2.24, 2.45) is 5.92 Å². The number of nitrogens with zero attached hydrogens (tertiary/aromatic N) is 1. The van der Waals surface area contributed by atoms with E-state index in [-0.39, 0.29) is 5.91 Å². The van der Waals surface area contributed by atoms with Crippen molar-refractivity contribution in [2.75, 3.05) is 30.0 Å². The zero-order valence-corrected chi connectivity index (χ0v) is 16.4. The Hall–Kier alpha value is -2.08. The van der Waals surface area contributed by atoms with Crippen molar-refractivity contribution in [2.45, 2.75) is 31.6 Å². The number of fused-ring (bicyclic) bond motifs is 2. The summed E-state index contributed by atoms with van der Waals surface area (Å²) in [5, 5.41) is 4.16. The van der Waals surface area contributed by atoms with Crippen LogP contribution in [0.3, 0.4) is 0 Å². The van der Waals surface area contributed by atoms with Crippen LogP contribution in [0.15, 0.2) is 42.5 Å². The fraction of sp³-hybridized carbons (Fsp3) is 0.409. The maximum Gasteiger partial charge on any atom is 0.292 e. The lowest BCUT2D eigenvalue weighted by Crippen LogP contribution is -2.47. The monoisotopic (exact) mass is 398 g/mol. The molecule has 0 radical (unpaired) electrons. The van der Waals surface area contributed by atoms with Crippen LogP contribution in [0.1, 0.15) is 30.4 Å². The van der Waals surface area contributed by atoms with Crippen molar-refractivity contribution < 1.29 is 14.3 Å². The third-order valence-corrected chi connectivity index (χ3v) is 5.87. The summed E-state index contributed by atoms with van der Waals surface area (Å²) in [6.45, 7) is 2.48. The molecule has 2 aliphatic heterocycles. The first-order valence-corrected chi connectivity index (χ1v) is 10.3. The van der Waals surface area contributed by atoms with Gasteiger partial charge < -0.3 is 19.7 Å². The minimum Gasteiger partial charge on any atom is -0.381 e. The van der Waals surface area contributed by atoms with Gasteiger partial charge in [-0.05, 0) is 61.1 Å². The fourth-order valence-corrected chi connectivity index (χ4v) is 4.03. The SMILES string of the molecule is O=C1N(CC2CC2)c2ccc(NCc3ccc(Cl)cc3)cc2C12OCCCO2. The van der Waals surface area contributed by atoms with Crippen molar-refractivity contribution >= 4 is 28.9 Å². The zero-order valence-electron chi connectivity index (χ0n) is 15.6. The van der Waals surface area contributed by atoms with Gasteiger partial charge in [-0.2, -0.15) is 0 Å². The van der Waals surface area contributed by atoms with Crippen molar-refractivity contribution in [1.29, 1.82) is 0 Å². The Kier molecular flexibility index (Phi) is 4.54. The standard InChI is InChI=1S/C22H23ClN2O3/c23-17-6-4-15(5-7-17)13-24-18-8-9-20-19(12-18)22(27-10-1-11-28-22)21(26)25(20)14-16-2-3-16/h4-9,12,16,24H,1-3,10-11,13-14H2. The van der Waals surface area contributed by atoms with Gasteiger partial charge in [0.05, 0.1) is 18.9 Å². The summed E-state index contributed by atoms with van der Waals surface area (Å²) in [6, 6.07) is 13.8. The van der Waals surface area contributed by atoms with Gasteiger partial charge in [-0.25, -0.2) is 0 Å². The molecule has 2 heterocycles. The molecule has 1 aliphatic carbocycles. The number of nitrogens with one attached hydrogen (secondary N) is 1. The molecule has 0 aromatic heterocycles. The normalized spacial score (nSPS) is 20.5. The summed E-state index contributed by atoms with van der Waals surface area (Å²) in [7, 11) is 0. The number of rotatable bonds is 5. The van der Waals surface area contributed by atoms with Crippen LogP contribution in [-0.2, 0) is 26.6 Å². The number of carbonyl (C=O) groups is 1. The predicted octanol–water partition coefficient (Wildman–Crippen LogP) is 4.30. The summed E-state index contributed by atoms with van der Waals surface area (Å²) >= 11 is 5.96. The number of hydrogen-bond donors (Lipinski definition) is 1. The Morgan fingerprint density at radius 1 is 1.11 bits per heavy atom. The Balaban J connectivity index is 1.43. The van der Waals surface area contributed by atoms with E-state index >= 15 is 0 Å². The third kappa shape index (κ3) is 3.17. The second-order valence-electron chi connectivity index (χ2n) is 7.74. The van der Waals surface area contributed by atoms with Gasteiger partial charge in [-0.1, -0.05) is 23.7 Å². The van der Waals surface area contributed by atoms with E-state index in [0.29, 0.717) is 25.7 Å². The van der Waals surface area contributed by atoms with E-state index in [0.717, 1.165) is 40.5 Å². The first-order valence-electron chi connectivity index (χ1n) is 9.88. The first-order chi connectivity index (χ1) is 13.7. The highest BCUT2D eigenvalue weighted by molar-refractivity contribution is 6.30. The molecular weight excluding hydrogens is 376 g/mol. The molecule has 1 saturated heterocycles. The molecule has 1 spiro atoms. The van der Waals surface area contributed by atoms with E-state index < -0.39 is 5.79 Å². The molecule has 1 amide bonds. The lowest BCUT2D eigenvalue weighted by molar-refractivity contribution is -0.256. The van der Waals surface area contributed by atoms with Crippen LogP contribution < -0.4 is 10.2 Å². The molecule has 146 valence electrons. The molecule has 6 heteroatoms. The molecule has 0 atom stereocenters. The number of amides is 1. The Labute approximate surface area is 169 Å². The number of carbonyl (C=O) groups excluding carboxylic acids is 1. The molecule has 5 nitrogen and oxygen atoms in total. The zero-order chi connectivity index (χ0) is 19.1. The highest BCUT2D eigenvalue weighted by atomic mass is 35.5. The van der Waals surface area contributed by atoms with Gasteiger partial charge in [-0.15, -0.1) is 0 Å². The van der Waals surface area contributed by atoms with E-state index in [1.54, 1.807) is 0 Å². The molecule has 1 saturated carbocycles. The molecule has 2 aromatic carbocycles. The van der Waals surface area contributed by atoms with E-state index in [1.165, 1.54) is 12.8 Å². The van der Waals surface area contributed by atoms with Gasteiger partial charge in [0.1, 0.15) is 0 Å². The Morgan fingerprint density at radius 3 is 2.57 bits per heavy atom. The quantitative estimate of drug-likeness (QED) is 0.815. The lowest BCUT2D eigenvalue weighted by Gasteiger charge is -2.32. The van der Waals surface area contributed by atoms with Crippen LogP contribution in [0.2, 0.25) is 5.02 Å². The maximum absolute atomic E-state index is 13.3. The van der Waals surface area contributed by atoms with Crippen molar-refractivity contribution in [3.05, 3.63) is 58.6 Å². The Bertz CT molecular complexity index is 889. The van der Waals surface area contributed by atoms with Crippen LogP contribution >= 0.6 is 11.6 Å². The summed E-state index contributed by atoms with van der Waals surface area (Å²) in [5.41, 5.74) is 3.80. The average molecular weight is 399 g/mol. The van der Waals surface area contributed by atoms with E-state index in [9.17, 15) is 4.79 Å². The molecule has 2 fully saturated rings. The van der Waals surface area contributed by atoms with E-state index in [2.05, 4.69) is 5.32 Å². The molecule has 5 rings (SSSR count). The molecule has 28 heavy (non-hydrogen) atoms. The highest BCUT2D eigenvalue weighted by Gasteiger charge is 2.55. The van der Waals surface area contributed by atoms with Gasteiger partial charge in [0, 0.05) is 29.4 Å². The molecule has 0 unspecified atom stereocenters. The summed E-state index contributed by atoms with van der Waals surface area (Å²) < 4.78 is 11.9. The van der Waals surface area contributed by atoms with Crippen LogP contribution in [-0.4, -0.2) is 25.7 Å². The number of ether oxygens (including phenoxy) is 2. The second-order valence-corrected chi connectivity index (χ2v) is 8.17. The molecule has 2 aromatic rings. The summed E-state index contributed by atoms with van der Waals surface area (Å²) in [4.78, 5) is 15.1. The molecule has 0 bridgehead atoms. The first kappa shape index (κ1) is 18.0. The van der Waals surface area contributed by atoms with Gasteiger partial charge in [-0.3, -0.25) is 4.79 Å². The minimum atomic E-state index is -1.28. The van der Waals surface area contributed by atoms with Gasteiger partial charge >= 0.3 is 0 Å². The van der Waals surface area contributed by atoms with E-state index in [1.807, 2.05) is 47.4 Å². The van der Waals surface area contributed by atoms with Crippen molar-refractivity contribution in [1.82, 2.24) is 0 Å². The number of halogens is 1. The minimum absolute atomic E-state index is 0.0797. The van der Waals surface area contributed by atoms with Crippen molar-refractivity contribution in [3.8, 4) is 0 Å². The van der Waals surface area contributed by atoms with Crippen molar-refractivity contribution in [3.63, 3.8) is 0 Å². The summed E-state index contributed by atoms with van der Waals surface area (Å²) in [5.74, 6) is -0.761. The third-order valence-electron chi connectivity index (χ3n) is 5.62. The van der Waals surface area contributed by atoms with Gasteiger partial charge in [0.2, 0.25) is 0 Å². The van der Waals surface area contributed by atoms with Crippen LogP contribution in [0.25, 0.3) is 0 Å². The predicted molar refractivity (Wildman–Crippen MR) is 108 cm³/mol. The molecular formula is C22H23ClN2O3. The molecule has 1 N–H and O–H groups in total. The van der Waals surface area contributed by atoms with E-state index in [4.69, 9.17) is 21.1 Å². The topological polar surface area (TPSA) is 50.8 Å². The summed E-state index contributed by atoms with van der Waals surface area (Å²) in [6.07, 6.45) is 3.19. The average Bonchev–Trinajstić information content (AvgIpc) is 3.53. The smallest absolute Gasteiger partial charge is 0.292 e. The number of anilines is 2. The lowest BCUT2D eigenvalue weighted by atomic mass is 10.0. The maximum atomic E-state index is 13.3. The number of benzene rings is 2. The Morgan fingerprint density at radius 2 is 1.86 bits per heavy atom. The fourth-order valence-electron chi connectivity index (χ4n) is 3.90. The van der Waals surface area contributed by atoms with Crippen LogP contribution in [0.5, 0.6) is 0 Å². The van der Waals surface area contributed by atoms with Crippen LogP contribution in [0, 0.1) is 5.92 Å². The largest absolute Gasteiger partial charge is 0.381 e. The second kappa shape index (κ2) is 7.07.